The van der Waals surface area contributed by atoms with E-state index in [2.05, 4.69) is 20.2 Å². The molecule has 0 atom stereocenters. The van der Waals surface area contributed by atoms with Gasteiger partial charge in [-0.25, -0.2) is 27.8 Å². The molecule has 0 amide bonds. The molecule has 3 heterocycles. The van der Waals surface area contributed by atoms with Crippen molar-refractivity contribution in [2.75, 3.05) is 0 Å². The lowest BCUT2D eigenvalue weighted by atomic mass is 9.96. The summed E-state index contributed by atoms with van der Waals surface area (Å²) < 4.78 is 44.3. The van der Waals surface area contributed by atoms with E-state index in [0.29, 0.717) is 24.2 Å². The minimum Gasteiger partial charge on any atom is -0.386 e. The van der Waals surface area contributed by atoms with Gasteiger partial charge in [-0.3, -0.25) is 4.68 Å². The van der Waals surface area contributed by atoms with E-state index in [4.69, 9.17) is 0 Å². The molecule has 4 aromatic rings. The molecule has 0 aliphatic rings. The number of aliphatic hydroxyl groups is 1. The molecule has 3 aromatic heterocycles. The Hall–Kier alpha value is -3.53. The van der Waals surface area contributed by atoms with E-state index < -0.39 is 17.7 Å². The molecule has 0 unspecified atom stereocenters. The number of hydrogen-bond donors (Lipinski definition) is 1. The van der Waals surface area contributed by atoms with Crippen molar-refractivity contribution in [2.45, 2.75) is 52.6 Å². The van der Waals surface area contributed by atoms with Gasteiger partial charge in [0.25, 0.3) is 6.43 Å². The van der Waals surface area contributed by atoms with Gasteiger partial charge in [-0.15, -0.1) is 0 Å². The molecule has 0 aliphatic carbocycles. The Bertz CT molecular complexity index is 1350. The Morgan fingerprint density at radius 3 is 2.37 bits per heavy atom. The van der Waals surface area contributed by atoms with Gasteiger partial charge in [-0.2, -0.15) is 10.2 Å². The second-order valence-corrected chi connectivity index (χ2v) is 8.92. The maximum absolute atomic E-state index is 14.0. The Balaban J connectivity index is 1.75. The Morgan fingerprint density at radius 1 is 1.09 bits per heavy atom. The molecule has 35 heavy (non-hydrogen) atoms. The summed E-state index contributed by atoms with van der Waals surface area (Å²) in [7, 11) is 1.83. The van der Waals surface area contributed by atoms with Crippen LogP contribution >= 0.6 is 0 Å². The fourth-order valence-electron chi connectivity index (χ4n) is 4.55. The number of benzene rings is 1. The molecule has 1 aromatic carbocycles. The molecule has 0 saturated carbocycles. The van der Waals surface area contributed by atoms with Crippen LogP contribution < -0.4 is 0 Å². The van der Waals surface area contributed by atoms with Crippen LogP contribution in [0.1, 0.15) is 61.1 Å². The monoisotopic (exact) mass is 484 g/mol. The Morgan fingerprint density at radius 2 is 1.77 bits per heavy atom. The van der Waals surface area contributed by atoms with Gasteiger partial charge >= 0.3 is 0 Å². The molecule has 10 heteroatoms. The Kier molecular flexibility index (Phi) is 6.50. The lowest BCUT2D eigenvalue weighted by Gasteiger charge is -2.19. The van der Waals surface area contributed by atoms with Crippen LogP contribution in [-0.4, -0.2) is 34.6 Å². The predicted octanol–water partition coefficient (Wildman–Crippen LogP) is 4.83. The Labute approximate surface area is 201 Å². The fourth-order valence-corrected chi connectivity index (χ4v) is 4.55. The average molecular weight is 485 g/mol. The highest BCUT2D eigenvalue weighted by atomic mass is 19.3. The minimum absolute atomic E-state index is 0.0783. The average Bonchev–Trinajstić information content (AvgIpc) is 3.31. The highest BCUT2D eigenvalue weighted by Crippen LogP contribution is 2.35. The van der Waals surface area contributed by atoms with Gasteiger partial charge in [-0.1, -0.05) is 6.92 Å². The molecule has 7 nitrogen and oxygen atoms in total. The molecule has 0 aliphatic heterocycles. The van der Waals surface area contributed by atoms with Crippen LogP contribution in [0.25, 0.3) is 17.1 Å². The van der Waals surface area contributed by atoms with Crippen molar-refractivity contribution in [3.8, 4) is 17.1 Å². The van der Waals surface area contributed by atoms with Gasteiger partial charge in [0.1, 0.15) is 17.8 Å². The first kappa shape index (κ1) is 24.6. The first-order valence-electron chi connectivity index (χ1n) is 11.2. The van der Waals surface area contributed by atoms with Crippen LogP contribution in [0.3, 0.4) is 0 Å². The van der Waals surface area contributed by atoms with Gasteiger partial charge < -0.3 is 5.11 Å². The summed E-state index contributed by atoms with van der Waals surface area (Å²) in [5.74, 6) is -0.135. The summed E-state index contributed by atoms with van der Waals surface area (Å²) >= 11 is 0. The topological polar surface area (TPSA) is 81.7 Å². The van der Waals surface area contributed by atoms with Gasteiger partial charge in [0.2, 0.25) is 0 Å². The van der Waals surface area contributed by atoms with Crippen LogP contribution in [0.5, 0.6) is 0 Å². The van der Waals surface area contributed by atoms with E-state index in [0.717, 1.165) is 27.2 Å². The van der Waals surface area contributed by atoms with Gasteiger partial charge in [-0.05, 0) is 51.5 Å². The number of rotatable bonds is 7. The van der Waals surface area contributed by atoms with E-state index in [1.54, 1.807) is 29.8 Å². The highest BCUT2D eigenvalue weighted by Gasteiger charge is 2.33. The third-order valence-corrected chi connectivity index (χ3v) is 5.89. The number of nitrogens with zero attached hydrogens (tertiary/aromatic N) is 6. The quantitative estimate of drug-likeness (QED) is 0.406. The summed E-state index contributed by atoms with van der Waals surface area (Å²) in [6.07, 6.45) is -0.528. The number of aromatic nitrogens is 6. The molecular formula is C25H27F3N6O. The maximum atomic E-state index is 14.0. The number of halogens is 3. The summed E-state index contributed by atoms with van der Waals surface area (Å²) in [5, 5.41) is 19.4. The predicted molar refractivity (Wildman–Crippen MR) is 125 cm³/mol. The second kappa shape index (κ2) is 9.26. The standard InChI is InChI=1S/C25H27F3N6O/c1-6-18-19(32-33(5)22(18)15-7-9-16(26)10-8-15)11-17-12-20(30-13-29-17)34-23(24(27)28)21(14(2)31-34)25(3,4)35/h7-10,12-13,24,35H,6,11H2,1-5H3. The first-order valence-corrected chi connectivity index (χ1v) is 11.2. The first-order chi connectivity index (χ1) is 16.5. The molecule has 184 valence electrons. The fraction of sp³-hybridized carbons (Fsp3) is 0.360. The van der Waals surface area contributed by atoms with Crippen molar-refractivity contribution in [2.24, 2.45) is 7.05 Å². The van der Waals surface area contributed by atoms with Crippen LogP contribution in [0.4, 0.5) is 13.2 Å². The SMILES string of the molecule is CCc1c(Cc2cc(-n3nc(C)c(C(C)(C)O)c3C(F)F)ncn2)nn(C)c1-c1ccc(F)cc1. The van der Waals surface area contributed by atoms with Crippen molar-refractivity contribution >= 4 is 0 Å². The number of hydrogen-bond acceptors (Lipinski definition) is 5. The van der Waals surface area contributed by atoms with Crippen LogP contribution in [-0.2, 0) is 25.5 Å². The van der Waals surface area contributed by atoms with Crippen molar-refractivity contribution in [1.29, 1.82) is 0 Å². The zero-order valence-corrected chi connectivity index (χ0v) is 20.2. The van der Waals surface area contributed by atoms with Crippen molar-refractivity contribution in [3.05, 3.63) is 76.4 Å². The van der Waals surface area contributed by atoms with E-state index in [-0.39, 0.29) is 17.2 Å². The van der Waals surface area contributed by atoms with Crippen molar-refractivity contribution in [3.63, 3.8) is 0 Å². The minimum atomic E-state index is -2.86. The van der Waals surface area contributed by atoms with E-state index >= 15 is 0 Å². The molecule has 1 N–H and O–H groups in total. The molecule has 0 bridgehead atoms. The largest absolute Gasteiger partial charge is 0.386 e. The zero-order chi connectivity index (χ0) is 25.5. The molecule has 4 rings (SSSR count). The van der Waals surface area contributed by atoms with E-state index in [1.807, 2.05) is 14.0 Å². The highest BCUT2D eigenvalue weighted by molar-refractivity contribution is 5.65. The third-order valence-electron chi connectivity index (χ3n) is 5.89. The van der Waals surface area contributed by atoms with Crippen LogP contribution in [0, 0.1) is 12.7 Å². The third kappa shape index (κ3) is 4.70. The van der Waals surface area contributed by atoms with E-state index in [9.17, 15) is 18.3 Å². The van der Waals surface area contributed by atoms with Crippen molar-refractivity contribution < 1.29 is 18.3 Å². The van der Waals surface area contributed by atoms with Gasteiger partial charge in [0.15, 0.2) is 5.82 Å². The summed E-state index contributed by atoms with van der Waals surface area (Å²) in [5.41, 5.74) is 2.56. The smallest absolute Gasteiger partial charge is 0.280 e. The van der Waals surface area contributed by atoms with Crippen LogP contribution in [0.2, 0.25) is 0 Å². The lowest BCUT2D eigenvalue weighted by molar-refractivity contribution is 0.0685. The van der Waals surface area contributed by atoms with Crippen molar-refractivity contribution in [1.82, 2.24) is 29.5 Å². The zero-order valence-electron chi connectivity index (χ0n) is 20.2. The molecule has 0 spiro atoms. The van der Waals surface area contributed by atoms with E-state index in [1.165, 1.54) is 32.3 Å². The molecular weight excluding hydrogens is 457 g/mol. The second-order valence-electron chi connectivity index (χ2n) is 8.92. The van der Waals surface area contributed by atoms with Crippen LogP contribution in [0.15, 0.2) is 36.7 Å². The van der Waals surface area contributed by atoms with Gasteiger partial charge in [0, 0.05) is 36.2 Å². The van der Waals surface area contributed by atoms with Gasteiger partial charge in [0.05, 0.1) is 28.4 Å². The summed E-state index contributed by atoms with van der Waals surface area (Å²) in [6.45, 7) is 6.49. The molecule has 0 radical (unpaired) electrons. The molecule has 0 saturated heterocycles. The number of aryl methyl sites for hydroxylation is 2. The normalized spacial score (nSPS) is 12.1. The number of alkyl halides is 2. The summed E-state index contributed by atoms with van der Waals surface area (Å²) in [6, 6.07) is 7.84. The lowest BCUT2D eigenvalue weighted by Crippen LogP contribution is -2.19. The summed E-state index contributed by atoms with van der Waals surface area (Å²) in [4.78, 5) is 8.49. The maximum Gasteiger partial charge on any atom is 0.280 e. The molecule has 0 fully saturated rings.